The highest BCUT2D eigenvalue weighted by Crippen LogP contribution is 2.28. The van der Waals surface area contributed by atoms with Gasteiger partial charge < -0.3 is 15.5 Å². The van der Waals surface area contributed by atoms with E-state index in [-0.39, 0.29) is 11.4 Å². The molecule has 2 aromatic rings. The van der Waals surface area contributed by atoms with Crippen LogP contribution >= 0.6 is 0 Å². The quantitative estimate of drug-likeness (QED) is 0.861. The normalized spacial score (nSPS) is 10.4. The maximum atomic E-state index is 11.2. The predicted octanol–water partition coefficient (Wildman–Crippen LogP) is 1.64. The predicted molar refractivity (Wildman–Crippen MR) is 68.7 cm³/mol. The molecule has 0 aliphatic heterocycles. The number of aromatic nitrogens is 2. The monoisotopic (exact) mass is 245 g/mol. The average molecular weight is 245 g/mol. The van der Waals surface area contributed by atoms with Gasteiger partial charge in [0, 0.05) is 6.54 Å². The first kappa shape index (κ1) is 12.3. The zero-order chi connectivity index (χ0) is 13.1. The number of nitrogens with two attached hydrogens (primary N) is 1. The maximum Gasteiger partial charge on any atom is 0.254 e. The van der Waals surface area contributed by atoms with Crippen LogP contribution in [0.3, 0.4) is 0 Å². The van der Waals surface area contributed by atoms with Crippen LogP contribution in [0.25, 0.3) is 0 Å². The summed E-state index contributed by atoms with van der Waals surface area (Å²) in [7, 11) is 0. The van der Waals surface area contributed by atoms with Gasteiger partial charge in [0.05, 0.1) is 12.4 Å². The van der Waals surface area contributed by atoms with Crippen LogP contribution in [-0.4, -0.2) is 9.97 Å². The van der Waals surface area contributed by atoms with Crippen molar-refractivity contribution in [2.45, 2.75) is 20.4 Å². The molecule has 0 saturated heterocycles. The zero-order valence-corrected chi connectivity index (χ0v) is 10.4. The molecule has 0 amide bonds. The number of benzene rings is 1. The second-order valence-electron chi connectivity index (χ2n) is 4.11. The fraction of sp³-hybridized carbons (Fsp3) is 0.231. The Kier molecular flexibility index (Phi) is 3.43. The Bertz CT molecular complexity index is 597. The highest BCUT2D eigenvalue weighted by Gasteiger charge is 2.08. The summed E-state index contributed by atoms with van der Waals surface area (Å²) in [6.45, 7) is 4.37. The van der Waals surface area contributed by atoms with Crippen molar-refractivity contribution in [1.82, 2.24) is 9.97 Å². The molecule has 0 unspecified atom stereocenters. The second kappa shape index (κ2) is 5.01. The van der Waals surface area contributed by atoms with Crippen LogP contribution in [0.5, 0.6) is 11.6 Å². The number of nitrogens with one attached hydrogen (secondary N) is 1. The van der Waals surface area contributed by atoms with Crippen molar-refractivity contribution in [3.05, 3.63) is 51.6 Å². The van der Waals surface area contributed by atoms with E-state index in [9.17, 15) is 4.79 Å². The number of hydrogen-bond donors (Lipinski definition) is 2. The van der Waals surface area contributed by atoms with E-state index in [0.29, 0.717) is 12.3 Å². The molecule has 5 nitrogen and oxygen atoms in total. The minimum absolute atomic E-state index is 0.242. The van der Waals surface area contributed by atoms with E-state index in [1.807, 2.05) is 26.0 Å². The first-order valence-corrected chi connectivity index (χ1v) is 5.63. The minimum Gasteiger partial charge on any atom is -0.438 e. The van der Waals surface area contributed by atoms with Gasteiger partial charge in [0.2, 0.25) is 5.88 Å². The van der Waals surface area contributed by atoms with E-state index in [4.69, 9.17) is 10.5 Å². The van der Waals surface area contributed by atoms with E-state index < -0.39 is 0 Å². The summed E-state index contributed by atoms with van der Waals surface area (Å²) < 4.78 is 5.65. The molecule has 1 aromatic heterocycles. The van der Waals surface area contributed by atoms with Crippen LogP contribution < -0.4 is 16.0 Å². The Morgan fingerprint density at radius 3 is 2.50 bits per heavy atom. The summed E-state index contributed by atoms with van der Waals surface area (Å²) in [4.78, 5) is 17.6. The molecule has 0 atom stereocenters. The third-order valence-corrected chi connectivity index (χ3v) is 2.62. The number of hydrogen-bond acceptors (Lipinski definition) is 4. The lowest BCUT2D eigenvalue weighted by Gasteiger charge is -2.12. The van der Waals surface area contributed by atoms with Gasteiger partial charge in [0.15, 0.2) is 0 Å². The van der Waals surface area contributed by atoms with E-state index >= 15 is 0 Å². The SMILES string of the molecule is Cc1cc(CN)cc(C)c1Oc1cc(=O)[nH]cn1. The molecule has 0 spiro atoms. The van der Waals surface area contributed by atoms with Crippen LogP contribution in [0.4, 0.5) is 0 Å². The zero-order valence-electron chi connectivity index (χ0n) is 10.4. The molecule has 0 aliphatic carbocycles. The van der Waals surface area contributed by atoms with Gasteiger partial charge in [-0.2, -0.15) is 0 Å². The van der Waals surface area contributed by atoms with Gasteiger partial charge in [-0.3, -0.25) is 4.79 Å². The number of aryl methyl sites for hydroxylation is 2. The molecule has 1 aromatic carbocycles. The number of aromatic amines is 1. The molecule has 0 aliphatic rings. The Morgan fingerprint density at radius 2 is 1.94 bits per heavy atom. The molecule has 0 fully saturated rings. The highest BCUT2D eigenvalue weighted by atomic mass is 16.5. The third-order valence-electron chi connectivity index (χ3n) is 2.62. The fourth-order valence-electron chi connectivity index (χ4n) is 1.83. The van der Waals surface area contributed by atoms with Crippen molar-refractivity contribution >= 4 is 0 Å². The van der Waals surface area contributed by atoms with Gasteiger partial charge in [-0.25, -0.2) is 4.98 Å². The lowest BCUT2D eigenvalue weighted by molar-refractivity contribution is 0.453. The van der Waals surface area contributed by atoms with Crippen LogP contribution in [0.1, 0.15) is 16.7 Å². The second-order valence-corrected chi connectivity index (χ2v) is 4.11. The van der Waals surface area contributed by atoms with E-state index in [1.165, 1.54) is 12.4 Å². The fourth-order valence-corrected chi connectivity index (χ4v) is 1.83. The Balaban J connectivity index is 2.37. The molecule has 3 N–H and O–H groups in total. The molecule has 0 bridgehead atoms. The number of H-pyrrole nitrogens is 1. The molecule has 1 heterocycles. The summed E-state index contributed by atoms with van der Waals surface area (Å²) in [5, 5.41) is 0. The molecule has 0 saturated carbocycles. The van der Waals surface area contributed by atoms with E-state index in [2.05, 4.69) is 9.97 Å². The topological polar surface area (TPSA) is 81.0 Å². The van der Waals surface area contributed by atoms with Crippen molar-refractivity contribution in [2.24, 2.45) is 5.73 Å². The maximum absolute atomic E-state index is 11.2. The van der Waals surface area contributed by atoms with Crippen molar-refractivity contribution < 1.29 is 4.74 Å². The lowest BCUT2D eigenvalue weighted by atomic mass is 10.1. The van der Waals surface area contributed by atoms with Crippen LogP contribution in [-0.2, 0) is 6.54 Å². The first-order chi connectivity index (χ1) is 8.60. The molecule has 5 heteroatoms. The van der Waals surface area contributed by atoms with Crippen LogP contribution in [0.15, 0.2) is 29.3 Å². The molecule has 18 heavy (non-hydrogen) atoms. The summed E-state index contributed by atoms with van der Waals surface area (Å²) in [5.41, 5.74) is 8.36. The van der Waals surface area contributed by atoms with Gasteiger partial charge in [-0.1, -0.05) is 12.1 Å². The standard InChI is InChI=1S/C13H15N3O2/c1-8-3-10(6-14)4-9(2)13(8)18-12-5-11(17)15-7-16-12/h3-5,7H,6,14H2,1-2H3,(H,15,16,17). The lowest BCUT2D eigenvalue weighted by Crippen LogP contribution is -2.05. The summed E-state index contributed by atoms with van der Waals surface area (Å²) in [5.74, 6) is 0.996. The largest absolute Gasteiger partial charge is 0.438 e. The molecular formula is C13H15N3O2. The molecule has 0 radical (unpaired) electrons. The van der Waals surface area contributed by atoms with E-state index in [0.717, 1.165) is 16.7 Å². The van der Waals surface area contributed by atoms with Crippen molar-refractivity contribution in [3.8, 4) is 11.6 Å². The number of ether oxygens (including phenoxy) is 1. The van der Waals surface area contributed by atoms with Crippen molar-refractivity contribution in [3.63, 3.8) is 0 Å². The van der Waals surface area contributed by atoms with Gasteiger partial charge in [0.1, 0.15) is 5.75 Å². The molecular weight excluding hydrogens is 230 g/mol. The van der Waals surface area contributed by atoms with Gasteiger partial charge in [-0.15, -0.1) is 0 Å². The summed E-state index contributed by atoms with van der Waals surface area (Å²) in [6, 6.07) is 5.25. The smallest absolute Gasteiger partial charge is 0.254 e. The van der Waals surface area contributed by atoms with E-state index in [1.54, 1.807) is 0 Å². The van der Waals surface area contributed by atoms with Gasteiger partial charge in [-0.05, 0) is 30.5 Å². The summed E-state index contributed by atoms with van der Waals surface area (Å²) in [6.07, 6.45) is 1.32. The Morgan fingerprint density at radius 1 is 1.28 bits per heavy atom. The Labute approximate surface area is 105 Å². The molecule has 2 rings (SSSR count). The molecule has 94 valence electrons. The third kappa shape index (κ3) is 2.57. The van der Waals surface area contributed by atoms with Crippen molar-refractivity contribution in [1.29, 1.82) is 0 Å². The van der Waals surface area contributed by atoms with Crippen LogP contribution in [0, 0.1) is 13.8 Å². The average Bonchev–Trinajstić information content (AvgIpc) is 2.33. The van der Waals surface area contributed by atoms with Crippen LogP contribution in [0.2, 0.25) is 0 Å². The van der Waals surface area contributed by atoms with Crippen molar-refractivity contribution in [2.75, 3.05) is 0 Å². The first-order valence-electron chi connectivity index (χ1n) is 5.63. The minimum atomic E-state index is -0.242. The van der Waals surface area contributed by atoms with Gasteiger partial charge >= 0.3 is 0 Å². The Hall–Kier alpha value is -2.14. The summed E-state index contributed by atoms with van der Waals surface area (Å²) >= 11 is 0. The van der Waals surface area contributed by atoms with Gasteiger partial charge in [0.25, 0.3) is 5.56 Å². The highest BCUT2D eigenvalue weighted by molar-refractivity contribution is 5.44. The number of rotatable bonds is 3. The number of nitrogens with zero attached hydrogens (tertiary/aromatic N) is 1.